The Hall–Kier alpha value is -1.54. The van der Waals surface area contributed by atoms with Gasteiger partial charge in [-0.1, -0.05) is 0 Å². The Morgan fingerprint density at radius 2 is 1.74 bits per heavy atom. The van der Waals surface area contributed by atoms with Crippen LogP contribution in [-0.4, -0.2) is 49.8 Å². The van der Waals surface area contributed by atoms with Crippen LogP contribution in [0.5, 0.6) is 0 Å². The highest BCUT2D eigenvalue weighted by molar-refractivity contribution is 5.85. The van der Waals surface area contributed by atoms with Crippen LogP contribution in [0.25, 0.3) is 0 Å². The van der Waals surface area contributed by atoms with Gasteiger partial charge >= 0.3 is 12.1 Å². The highest BCUT2D eigenvalue weighted by Gasteiger charge is 2.16. The number of amides is 2. The maximum atomic E-state index is 11.6. The quantitative estimate of drug-likeness (QED) is 0.437. The number of carbonyl (C=O) groups excluding carboxylic acids is 3. The first-order valence-electron chi connectivity index (χ1n) is 7.22. The van der Waals surface area contributed by atoms with E-state index in [-0.39, 0.29) is 19.0 Å². The summed E-state index contributed by atoms with van der Waals surface area (Å²) < 4.78 is 9.49. The van der Waals surface area contributed by atoms with Crippen LogP contribution in [-0.2, 0) is 19.1 Å². The minimum Gasteiger partial charge on any atom is -0.468 e. The van der Waals surface area contributed by atoms with Gasteiger partial charge in [0.2, 0.25) is 5.91 Å². The minimum atomic E-state index is -0.689. The molecule has 136 valence electrons. The van der Waals surface area contributed by atoms with Crippen molar-refractivity contribution in [3.8, 4) is 0 Å². The van der Waals surface area contributed by atoms with E-state index in [2.05, 4.69) is 15.4 Å². The van der Waals surface area contributed by atoms with Gasteiger partial charge in [0.25, 0.3) is 0 Å². The number of hydrogen-bond acceptors (Lipinski definition) is 6. The van der Waals surface area contributed by atoms with Gasteiger partial charge in [0.05, 0.1) is 13.2 Å². The number of rotatable bonds is 8. The lowest BCUT2D eigenvalue weighted by molar-refractivity contribution is -0.141. The highest BCUT2D eigenvalue weighted by Crippen LogP contribution is 2.06. The molecule has 1 atom stereocenters. The van der Waals surface area contributed by atoms with E-state index < -0.39 is 29.6 Å². The monoisotopic (exact) mass is 353 g/mol. The molecule has 0 aromatic carbocycles. The summed E-state index contributed by atoms with van der Waals surface area (Å²) in [5.74, 6) is -0.924. The molecule has 0 saturated carbocycles. The molecule has 2 amide bonds. The number of methoxy groups -OCH3 is 1. The molecule has 0 aliphatic carbocycles. The number of hydrogen-bond donors (Lipinski definition) is 3. The Bertz CT molecular complexity index is 385. The van der Waals surface area contributed by atoms with Crippen molar-refractivity contribution in [2.24, 2.45) is 5.73 Å². The molecule has 0 aromatic heterocycles. The average Bonchev–Trinajstić information content (AvgIpc) is 2.41. The van der Waals surface area contributed by atoms with Gasteiger partial charge < -0.3 is 25.8 Å². The maximum Gasteiger partial charge on any atom is 0.407 e. The van der Waals surface area contributed by atoms with E-state index >= 15 is 0 Å². The number of esters is 1. The van der Waals surface area contributed by atoms with E-state index in [1.165, 1.54) is 7.11 Å². The minimum absolute atomic E-state index is 0. The van der Waals surface area contributed by atoms with Gasteiger partial charge in [-0.25, -0.2) is 4.79 Å². The Morgan fingerprint density at radius 3 is 2.26 bits per heavy atom. The van der Waals surface area contributed by atoms with Crippen molar-refractivity contribution in [2.75, 3.05) is 20.2 Å². The smallest absolute Gasteiger partial charge is 0.407 e. The lowest BCUT2D eigenvalue weighted by Crippen LogP contribution is -2.42. The summed E-state index contributed by atoms with van der Waals surface area (Å²) in [6, 6.07) is -0.689. The molecule has 0 aliphatic heterocycles. The van der Waals surface area contributed by atoms with Crippen molar-refractivity contribution in [3.05, 3.63) is 0 Å². The number of carbonyl (C=O) groups is 3. The number of nitrogens with one attached hydrogen (secondary N) is 2. The molecule has 0 aromatic rings. The number of alkyl carbamates (subject to hydrolysis) is 1. The number of halogens is 1. The van der Waals surface area contributed by atoms with E-state index in [1.54, 1.807) is 20.8 Å². The Labute approximate surface area is 143 Å². The van der Waals surface area contributed by atoms with Gasteiger partial charge in [-0.05, 0) is 40.0 Å². The third-order valence-electron chi connectivity index (χ3n) is 2.58. The Balaban J connectivity index is 0. The summed E-state index contributed by atoms with van der Waals surface area (Å²) in [5.41, 5.74) is 5.17. The summed E-state index contributed by atoms with van der Waals surface area (Å²) in [4.78, 5) is 33.8. The first-order valence-corrected chi connectivity index (χ1v) is 7.22. The fourth-order valence-corrected chi connectivity index (χ4v) is 1.49. The van der Waals surface area contributed by atoms with E-state index in [4.69, 9.17) is 10.5 Å². The van der Waals surface area contributed by atoms with Crippen molar-refractivity contribution in [1.82, 2.24) is 10.6 Å². The lowest BCUT2D eigenvalue weighted by atomic mass is 10.1. The summed E-state index contributed by atoms with van der Waals surface area (Å²) in [6.45, 7) is 5.63. The van der Waals surface area contributed by atoms with Crippen LogP contribution in [0.3, 0.4) is 0 Å². The Morgan fingerprint density at radius 1 is 1.13 bits per heavy atom. The molecule has 0 saturated heterocycles. The normalized spacial score (nSPS) is 11.7. The van der Waals surface area contributed by atoms with E-state index in [1.807, 2.05) is 0 Å². The second kappa shape index (κ2) is 12.0. The molecular formula is C14H28ClN3O5. The first kappa shape index (κ1) is 23.7. The molecule has 0 heterocycles. The van der Waals surface area contributed by atoms with Crippen LogP contribution in [0, 0.1) is 0 Å². The third kappa shape index (κ3) is 13.8. The molecule has 0 radical (unpaired) electrons. The highest BCUT2D eigenvalue weighted by atomic mass is 35.5. The van der Waals surface area contributed by atoms with Crippen molar-refractivity contribution >= 4 is 30.4 Å². The van der Waals surface area contributed by atoms with Gasteiger partial charge in [0, 0.05) is 6.54 Å². The van der Waals surface area contributed by atoms with E-state index in [9.17, 15) is 14.4 Å². The lowest BCUT2D eigenvalue weighted by Gasteiger charge is -2.19. The molecule has 4 N–H and O–H groups in total. The van der Waals surface area contributed by atoms with Gasteiger partial charge in [0.1, 0.15) is 12.1 Å². The van der Waals surface area contributed by atoms with Crippen molar-refractivity contribution in [2.45, 2.75) is 51.7 Å². The molecule has 8 nitrogen and oxygen atoms in total. The number of nitrogens with two attached hydrogens (primary N) is 1. The van der Waals surface area contributed by atoms with Crippen LogP contribution in [0.1, 0.15) is 40.0 Å². The SMILES string of the molecule is COC(=O)CNC(=O)[C@@H](N)CCCCNC(=O)OC(C)(C)C.Cl. The van der Waals surface area contributed by atoms with Crippen molar-refractivity contribution < 1.29 is 23.9 Å². The van der Waals surface area contributed by atoms with Crippen molar-refractivity contribution in [3.63, 3.8) is 0 Å². The third-order valence-corrected chi connectivity index (χ3v) is 2.58. The second-order valence-electron chi connectivity index (χ2n) is 5.82. The molecule has 0 aliphatic rings. The van der Waals surface area contributed by atoms with Crippen LogP contribution in [0.2, 0.25) is 0 Å². The van der Waals surface area contributed by atoms with Gasteiger partial charge in [-0.2, -0.15) is 0 Å². The zero-order valence-electron chi connectivity index (χ0n) is 14.1. The molecule has 0 bridgehead atoms. The van der Waals surface area contributed by atoms with E-state index in [0.717, 1.165) is 0 Å². The molecule has 0 fully saturated rings. The molecule has 23 heavy (non-hydrogen) atoms. The largest absolute Gasteiger partial charge is 0.468 e. The standard InChI is InChI=1S/C14H27N3O5.ClH/c1-14(2,3)22-13(20)16-8-6-5-7-10(15)12(19)17-9-11(18)21-4;/h10H,5-9,15H2,1-4H3,(H,16,20)(H,17,19);1H/t10-;/m0./s1. The van der Waals surface area contributed by atoms with Crippen LogP contribution >= 0.6 is 12.4 Å². The predicted molar refractivity (Wildman–Crippen MR) is 88.3 cm³/mol. The van der Waals surface area contributed by atoms with E-state index in [0.29, 0.717) is 25.8 Å². The molecular weight excluding hydrogens is 326 g/mol. The zero-order valence-corrected chi connectivity index (χ0v) is 15.0. The average molecular weight is 354 g/mol. The predicted octanol–water partition coefficient (Wildman–Crippen LogP) is 0.720. The summed E-state index contributed by atoms with van der Waals surface area (Å²) in [5, 5.41) is 5.02. The number of ether oxygens (including phenoxy) is 2. The fraction of sp³-hybridized carbons (Fsp3) is 0.786. The zero-order chi connectivity index (χ0) is 17.2. The summed E-state index contributed by atoms with van der Waals surface area (Å²) >= 11 is 0. The molecule has 0 spiro atoms. The fourth-order valence-electron chi connectivity index (χ4n) is 1.49. The number of unbranched alkanes of at least 4 members (excludes halogenated alkanes) is 1. The van der Waals surface area contributed by atoms with Gasteiger partial charge in [-0.15, -0.1) is 12.4 Å². The van der Waals surface area contributed by atoms with Crippen LogP contribution in [0.15, 0.2) is 0 Å². The Kier molecular flexibility index (Phi) is 12.3. The molecule has 9 heteroatoms. The maximum absolute atomic E-state index is 11.6. The van der Waals surface area contributed by atoms with Gasteiger partial charge in [-0.3, -0.25) is 9.59 Å². The van der Waals surface area contributed by atoms with Crippen molar-refractivity contribution in [1.29, 1.82) is 0 Å². The summed E-state index contributed by atoms with van der Waals surface area (Å²) in [6.07, 6.45) is 1.34. The first-order chi connectivity index (χ1) is 10.2. The topological polar surface area (TPSA) is 120 Å². The second-order valence-corrected chi connectivity index (χ2v) is 5.82. The van der Waals surface area contributed by atoms with Crippen LogP contribution in [0.4, 0.5) is 4.79 Å². The molecule has 0 unspecified atom stereocenters. The van der Waals surface area contributed by atoms with Gasteiger partial charge in [0.15, 0.2) is 0 Å². The van der Waals surface area contributed by atoms with Crippen LogP contribution < -0.4 is 16.4 Å². The molecule has 0 rings (SSSR count). The summed E-state index contributed by atoms with van der Waals surface area (Å²) in [7, 11) is 1.24.